The van der Waals surface area contributed by atoms with Gasteiger partial charge >= 0.3 is 0 Å². The van der Waals surface area contributed by atoms with Crippen LogP contribution in [0.4, 0.5) is 5.69 Å². The number of nitrogens with zero attached hydrogens (tertiary/aromatic N) is 1. The van der Waals surface area contributed by atoms with Crippen molar-refractivity contribution in [1.82, 2.24) is 4.98 Å². The van der Waals surface area contributed by atoms with Crippen molar-refractivity contribution in [3.63, 3.8) is 0 Å². The average molecular weight is 347 g/mol. The number of halogens is 1. The topological polar surface area (TPSA) is 43.4 Å². The predicted molar refractivity (Wildman–Crippen MR) is 94.0 cm³/mol. The van der Waals surface area contributed by atoms with Crippen molar-refractivity contribution in [1.29, 1.82) is 0 Å². The lowest BCUT2D eigenvalue weighted by Gasteiger charge is -2.08. The molecule has 3 rings (SSSR count). The molecule has 1 N–H and O–H groups in total. The minimum Gasteiger partial charge on any atom is -0.497 e. The lowest BCUT2D eigenvalue weighted by Crippen LogP contribution is -1.97. The maximum absolute atomic E-state index is 5.81. The van der Waals surface area contributed by atoms with Crippen LogP contribution in [0.5, 0.6) is 17.2 Å². The third kappa shape index (κ3) is 4.37. The van der Waals surface area contributed by atoms with E-state index in [4.69, 9.17) is 21.1 Å². The van der Waals surface area contributed by atoms with Crippen molar-refractivity contribution in [3.05, 3.63) is 64.1 Å². The molecule has 118 valence electrons. The molecule has 0 unspecified atom stereocenters. The molecule has 1 heterocycles. The largest absolute Gasteiger partial charge is 0.497 e. The second-order valence-corrected chi connectivity index (χ2v) is 6.43. The van der Waals surface area contributed by atoms with Crippen LogP contribution in [0, 0.1) is 0 Å². The van der Waals surface area contributed by atoms with Gasteiger partial charge in [-0.3, -0.25) is 0 Å². The van der Waals surface area contributed by atoms with Crippen LogP contribution in [-0.4, -0.2) is 12.1 Å². The molecule has 0 saturated heterocycles. The van der Waals surface area contributed by atoms with E-state index in [0.717, 1.165) is 27.8 Å². The van der Waals surface area contributed by atoms with Crippen molar-refractivity contribution in [3.8, 4) is 17.2 Å². The molecular formula is C17H15ClN2O2S. The van der Waals surface area contributed by atoms with Gasteiger partial charge in [-0.1, -0.05) is 11.6 Å². The number of hydrogen-bond donors (Lipinski definition) is 1. The van der Waals surface area contributed by atoms with E-state index in [9.17, 15) is 0 Å². The Hall–Kier alpha value is -2.24. The second kappa shape index (κ2) is 7.35. The monoisotopic (exact) mass is 346 g/mol. The quantitative estimate of drug-likeness (QED) is 0.665. The fourth-order valence-corrected chi connectivity index (χ4v) is 2.89. The van der Waals surface area contributed by atoms with E-state index in [-0.39, 0.29) is 0 Å². The van der Waals surface area contributed by atoms with Gasteiger partial charge in [0.05, 0.1) is 13.7 Å². The Balaban J connectivity index is 1.57. The third-order valence-electron chi connectivity index (χ3n) is 3.14. The summed E-state index contributed by atoms with van der Waals surface area (Å²) in [6, 6.07) is 15.3. The predicted octanol–water partition coefficient (Wildman–Crippen LogP) is 5.21. The van der Waals surface area contributed by atoms with E-state index in [0.29, 0.717) is 11.0 Å². The highest BCUT2D eigenvalue weighted by Gasteiger charge is 2.01. The molecule has 1 aromatic heterocycles. The molecule has 4 nitrogen and oxygen atoms in total. The minimum atomic E-state index is 0.560. The first-order chi connectivity index (χ1) is 11.2. The van der Waals surface area contributed by atoms with Gasteiger partial charge < -0.3 is 14.8 Å². The molecule has 0 fully saturated rings. The number of thiazole rings is 1. The van der Waals surface area contributed by atoms with E-state index >= 15 is 0 Å². The molecule has 3 aromatic rings. The number of nitrogens with one attached hydrogen (secondary N) is 1. The van der Waals surface area contributed by atoms with Crippen molar-refractivity contribution < 1.29 is 9.47 Å². The molecule has 0 spiro atoms. The van der Waals surface area contributed by atoms with Gasteiger partial charge in [-0.25, -0.2) is 4.98 Å². The molecular weight excluding hydrogens is 332 g/mol. The van der Waals surface area contributed by atoms with Crippen LogP contribution in [0.15, 0.2) is 54.7 Å². The van der Waals surface area contributed by atoms with Gasteiger partial charge in [0, 0.05) is 16.8 Å². The van der Waals surface area contributed by atoms with E-state index < -0.39 is 0 Å². The lowest BCUT2D eigenvalue weighted by atomic mass is 10.3. The van der Waals surface area contributed by atoms with Crippen LogP contribution in [-0.2, 0) is 6.54 Å². The van der Waals surface area contributed by atoms with Gasteiger partial charge in [-0.2, -0.15) is 0 Å². The van der Waals surface area contributed by atoms with Crippen molar-refractivity contribution in [2.24, 2.45) is 0 Å². The SMILES string of the molecule is COc1ccc(Oc2ccc(NCc3cnc(Cl)s3)cc2)cc1. The summed E-state index contributed by atoms with van der Waals surface area (Å²) >= 11 is 7.29. The smallest absolute Gasteiger partial charge is 0.183 e. The molecule has 6 heteroatoms. The summed E-state index contributed by atoms with van der Waals surface area (Å²) in [6.45, 7) is 0.697. The molecule has 0 amide bonds. The number of rotatable bonds is 6. The maximum Gasteiger partial charge on any atom is 0.183 e. The van der Waals surface area contributed by atoms with Crippen LogP contribution < -0.4 is 14.8 Å². The first kappa shape index (κ1) is 15.6. The zero-order valence-electron chi connectivity index (χ0n) is 12.5. The first-order valence-corrected chi connectivity index (χ1v) is 8.18. The van der Waals surface area contributed by atoms with Crippen LogP contribution >= 0.6 is 22.9 Å². The summed E-state index contributed by atoms with van der Waals surface area (Å²) in [5.41, 5.74) is 1.01. The summed E-state index contributed by atoms with van der Waals surface area (Å²) < 4.78 is 11.5. The second-order valence-electron chi connectivity index (χ2n) is 4.74. The molecule has 0 aliphatic carbocycles. The molecule has 2 aromatic carbocycles. The van der Waals surface area contributed by atoms with Gasteiger partial charge in [0.25, 0.3) is 0 Å². The molecule has 0 atom stereocenters. The van der Waals surface area contributed by atoms with Crippen molar-refractivity contribution in [2.45, 2.75) is 6.54 Å². The third-order valence-corrected chi connectivity index (χ3v) is 4.26. The van der Waals surface area contributed by atoms with Crippen LogP contribution in [0.25, 0.3) is 0 Å². The zero-order valence-corrected chi connectivity index (χ0v) is 14.0. The Morgan fingerprint density at radius 1 is 1.00 bits per heavy atom. The number of benzene rings is 2. The fraction of sp³-hybridized carbons (Fsp3) is 0.118. The van der Waals surface area contributed by atoms with Gasteiger partial charge in [-0.05, 0) is 48.5 Å². The van der Waals surface area contributed by atoms with Crippen molar-refractivity contribution in [2.75, 3.05) is 12.4 Å². The summed E-state index contributed by atoms with van der Waals surface area (Å²) in [7, 11) is 1.64. The number of aromatic nitrogens is 1. The first-order valence-electron chi connectivity index (χ1n) is 6.99. The Morgan fingerprint density at radius 3 is 2.17 bits per heavy atom. The van der Waals surface area contributed by atoms with Crippen molar-refractivity contribution >= 4 is 28.6 Å². The minimum absolute atomic E-state index is 0.560. The van der Waals surface area contributed by atoms with Gasteiger partial charge in [-0.15, -0.1) is 11.3 Å². The van der Waals surface area contributed by atoms with Crippen LogP contribution in [0.1, 0.15) is 4.88 Å². The summed E-state index contributed by atoms with van der Waals surface area (Å²) in [6.07, 6.45) is 1.78. The molecule has 0 aliphatic heterocycles. The van der Waals surface area contributed by atoms with Gasteiger partial charge in [0.1, 0.15) is 17.2 Å². The summed E-state index contributed by atoms with van der Waals surface area (Å²) in [4.78, 5) is 5.11. The molecule has 0 radical (unpaired) electrons. The van der Waals surface area contributed by atoms with E-state index in [1.54, 1.807) is 13.3 Å². The number of hydrogen-bond acceptors (Lipinski definition) is 5. The summed E-state index contributed by atoms with van der Waals surface area (Å²) in [5, 5.41) is 3.32. The molecule has 0 saturated carbocycles. The zero-order chi connectivity index (χ0) is 16.1. The highest BCUT2D eigenvalue weighted by molar-refractivity contribution is 7.15. The van der Waals surface area contributed by atoms with E-state index in [1.807, 2.05) is 48.5 Å². The Kier molecular flexibility index (Phi) is 5.00. The number of anilines is 1. The van der Waals surface area contributed by atoms with Crippen LogP contribution in [0.2, 0.25) is 4.47 Å². The maximum atomic E-state index is 5.81. The Labute approximate surface area is 143 Å². The highest BCUT2D eigenvalue weighted by atomic mass is 35.5. The fourth-order valence-electron chi connectivity index (χ4n) is 1.98. The molecule has 0 bridgehead atoms. The Bertz CT molecular complexity index is 757. The highest BCUT2D eigenvalue weighted by Crippen LogP contribution is 2.25. The van der Waals surface area contributed by atoms with E-state index in [1.165, 1.54) is 11.3 Å². The Morgan fingerprint density at radius 2 is 1.61 bits per heavy atom. The van der Waals surface area contributed by atoms with Gasteiger partial charge in [0.2, 0.25) is 0 Å². The normalized spacial score (nSPS) is 10.3. The number of methoxy groups -OCH3 is 1. The molecule has 0 aliphatic rings. The van der Waals surface area contributed by atoms with Crippen LogP contribution in [0.3, 0.4) is 0 Å². The van der Waals surface area contributed by atoms with Gasteiger partial charge in [0.15, 0.2) is 4.47 Å². The number of ether oxygens (including phenoxy) is 2. The lowest BCUT2D eigenvalue weighted by molar-refractivity contribution is 0.413. The molecule has 23 heavy (non-hydrogen) atoms. The summed E-state index contributed by atoms with van der Waals surface area (Å²) in [5.74, 6) is 2.35. The average Bonchev–Trinajstić information content (AvgIpc) is 3.00. The van der Waals surface area contributed by atoms with E-state index in [2.05, 4.69) is 10.3 Å². The standard InChI is InChI=1S/C17H15ClN2O2S/c1-21-13-6-8-15(9-7-13)22-14-4-2-12(3-5-14)19-10-16-11-20-17(18)23-16/h2-9,11,19H,10H2,1H3.